The molecular weight excluding hydrogens is 174 g/mol. The first-order valence-electron chi connectivity index (χ1n) is 2.45. The Morgan fingerprint density at radius 2 is 2.50 bits per heavy atom. The molecule has 0 radical (unpaired) electrons. The highest BCUT2D eigenvalue weighted by Gasteiger charge is 2.11. The number of nitrogens with one attached hydrogen (secondary N) is 1. The van der Waals surface area contributed by atoms with Crippen molar-refractivity contribution >= 4 is 29.0 Å². The van der Waals surface area contributed by atoms with Crippen molar-refractivity contribution in [2.75, 3.05) is 7.05 Å². The van der Waals surface area contributed by atoms with Crippen molar-refractivity contribution in [3.8, 4) is 0 Å². The second-order valence-corrected chi connectivity index (χ2v) is 2.83. The fourth-order valence-electron chi connectivity index (χ4n) is 0.433. The second-order valence-electron chi connectivity index (χ2n) is 1.47. The summed E-state index contributed by atoms with van der Waals surface area (Å²) in [5, 5.41) is 5.90. The molecule has 0 saturated carbocycles. The van der Waals surface area contributed by atoms with Crippen molar-refractivity contribution in [2.45, 2.75) is 0 Å². The number of carbonyl (C=O) groups excluding carboxylic acids is 1. The smallest absolute Gasteiger partial charge is 0.274 e. The van der Waals surface area contributed by atoms with E-state index in [1.165, 1.54) is 7.05 Å². The van der Waals surface area contributed by atoms with Gasteiger partial charge >= 0.3 is 0 Å². The molecule has 1 amide bonds. The predicted molar refractivity (Wildman–Crippen MR) is 38.3 cm³/mol. The minimum atomic E-state index is -0.307. The van der Waals surface area contributed by atoms with Crippen molar-refractivity contribution in [3.63, 3.8) is 0 Å². The minimum absolute atomic E-state index is 0.189. The average molecular weight is 178 g/mol. The van der Waals surface area contributed by atoms with Gasteiger partial charge in [-0.05, 0) is 0 Å². The maximum atomic E-state index is 10.8. The first kappa shape index (κ1) is 7.43. The zero-order valence-corrected chi connectivity index (χ0v) is 6.66. The summed E-state index contributed by atoms with van der Waals surface area (Å²) in [5.41, 5.74) is 0.189. The van der Waals surface area contributed by atoms with Crippen LogP contribution in [0.15, 0.2) is 0 Å². The number of rotatable bonds is 1. The molecule has 0 aliphatic carbocycles. The van der Waals surface area contributed by atoms with Crippen LogP contribution >= 0.6 is 23.1 Å². The van der Waals surface area contributed by atoms with Gasteiger partial charge in [-0.2, -0.15) is 0 Å². The van der Waals surface area contributed by atoms with Crippen molar-refractivity contribution in [1.29, 1.82) is 0 Å². The van der Waals surface area contributed by atoms with Gasteiger partial charge < -0.3 is 5.32 Å². The minimum Gasteiger partial charge on any atom is -0.354 e. The number of amides is 1. The van der Waals surface area contributed by atoms with E-state index < -0.39 is 0 Å². The molecule has 1 N–H and O–H groups in total. The third kappa shape index (κ3) is 1.25. The molecule has 0 atom stereocenters. The standard InChI is InChI=1S/C4H4ClN3OS/c1-6-4(9)2-3(5)10-8-7-2/h1H3,(H,6,9). The second kappa shape index (κ2) is 2.94. The molecule has 0 unspecified atom stereocenters. The van der Waals surface area contributed by atoms with Gasteiger partial charge in [-0.25, -0.2) is 0 Å². The highest BCUT2D eigenvalue weighted by atomic mass is 35.5. The van der Waals surface area contributed by atoms with Crippen LogP contribution in [0.25, 0.3) is 0 Å². The fraction of sp³-hybridized carbons (Fsp3) is 0.250. The molecule has 0 aromatic carbocycles. The van der Waals surface area contributed by atoms with Crippen LogP contribution in [-0.2, 0) is 0 Å². The molecule has 1 heterocycles. The van der Waals surface area contributed by atoms with Gasteiger partial charge in [0, 0.05) is 18.6 Å². The van der Waals surface area contributed by atoms with E-state index in [4.69, 9.17) is 11.6 Å². The van der Waals surface area contributed by atoms with Gasteiger partial charge in [-0.1, -0.05) is 16.1 Å². The Balaban J connectivity index is 2.93. The van der Waals surface area contributed by atoms with Crippen LogP contribution < -0.4 is 5.32 Å². The molecule has 1 aromatic heterocycles. The third-order valence-corrected chi connectivity index (χ3v) is 1.79. The zero-order chi connectivity index (χ0) is 7.56. The van der Waals surface area contributed by atoms with Gasteiger partial charge in [-0.15, -0.1) is 5.10 Å². The summed E-state index contributed by atoms with van der Waals surface area (Å²) in [6, 6.07) is 0. The normalized spacial score (nSPS) is 9.40. The summed E-state index contributed by atoms with van der Waals surface area (Å²) < 4.78 is 3.81. The van der Waals surface area contributed by atoms with E-state index in [0.29, 0.717) is 4.34 Å². The van der Waals surface area contributed by atoms with E-state index in [1.54, 1.807) is 0 Å². The predicted octanol–water partition coefficient (Wildman–Crippen LogP) is 0.551. The van der Waals surface area contributed by atoms with Crippen LogP contribution in [0.5, 0.6) is 0 Å². The van der Waals surface area contributed by atoms with Gasteiger partial charge in [0.2, 0.25) is 0 Å². The van der Waals surface area contributed by atoms with Gasteiger partial charge in [0.15, 0.2) is 5.69 Å². The van der Waals surface area contributed by atoms with Gasteiger partial charge in [0.1, 0.15) is 4.34 Å². The molecule has 0 aliphatic rings. The van der Waals surface area contributed by atoms with Gasteiger partial charge in [-0.3, -0.25) is 4.79 Å². The molecule has 1 rings (SSSR count). The van der Waals surface area contributed by atoms with Crippen molar-refractivity contribution < 1.29 is 4.79 Å². The van der Waals surface area contributed by atoms with Crippen molar-refractivity contribution in [2.24, 2.45) is 0 Å². The summed E-state index contributed by atoms with van der Waals surface area (Å²) in [4.78, 5) is 10.8. The van der Waals surface area contributed by atoms with Crippen LogP contribution in [0.4, 0.5) is 0 Å². The van der Waals surface area contributed by atoms with E-state index in [1.807, 2.05) is 0 Å². The van der Waals surface area contributed by atoms with Crippen LogP contribution in [0, 0.1) is 0 Å². The maximum Gasteiger partial charge on any atom is 0.274 e. The Hall–Kier alpha value is -0.680. The lowest BCUT2D eigenvalue weighted by atomic mass is 10.5. The molecule has 54 valence electrons. The van der Waals surface area contributed by atoms with Crippen LogP contribution in [0.3, 0.4) is 0 Å². The fourth-order valence-corrected chi connectivity index (χ4v) is 1.06. The van der Waals surface area contributed by atoms with E-state index in [0.717, 1.165) is 11.5 Å². The number of carbonyl (C=O) groups is 1. The number of halogens is 1. The quantitative estimate of drug-likeness (QED) is 0.682. The summed E-state index contributed by atoms with van der Waals surface area (Å²) in [7, 11) is 1.51. The lowest BCUT2D eigenvalue weighted by molar-refractivity contribution is 0.0958. The van der Waals surface area contributed by atoms with Crippen molar-refractivity contribution in [1.82, 2.24) is 14.9 Å². The molecular formula is C4H4ClN3OS. The molecule has 1 aromatic rings. The molecule has 0 aliphatic heterocycles. The van der Waals surface area contributed by atoms with E-state index in [-0.39, 0.29) is 11.6 Å². The summed E-state index contributed by atoms with van der Waals surface area (Å²) in [5.74, 6) is -0.307. The Labute approximate surface area is 66.4 Å². The monoisotopic (exact) mass is 177 g/mol. The highest BCUT2D eigenvalue weighted by molar-refractivity contribution is 7.10. The lowest BCUT2D eigenvalue weighted by Crippen LogP contribution is -2.18. The van der Waals surface area contributed by atoms with Crippen LogP contribution in [0.1, 0.15) is 10.5 Å². The number of hydrogen-bond acceptors (Lipinski definition) is 4. The van der Waals surface area contributed by atoms with Gasteiger partial charge in [0.05, 0.1) is 0 Å². The molecule has 6 heteroatoms. The van der Waals surface area contributed by atoms with Crippen LogP contribution in [0.2, 0.25) is 4.34 Å². The SMILES string of the molecule is CNC(=O)c1nnsc1Cl. The highest BCUT2D eigenvalue weighted by Crippen LogP contribution is 2.16. The van der Waals surface area contributed by atoms with Crippen molar-refractivity contribution in [3.05, 3.63) is 10.0 Å². The molecule has 0 spiro atoms. The number of aromatic nitrogens is 2. The summed E-state index contributed by atoms with van der Waals surface area (Å²) in [6.45, 7) is 0. The molecule has 0 saturated heterocycles. The zero-order valence-electron chi connectivity index (χ0n) is 5.09. The topological polar surface area (TPSA) is 54.9 Å². The Kier molecular flexibility index (Phi) is 2.18. The Bertz CT molecular complexity index is 248. The molecule has 0 fully saturated rings. The third-order valence-electron chi connectivity index (χ3n) is 0.890. The Morgan fingerprint density at radius 3 is 2.90 bits per heavy atom. The molecule has 4 nitrogen and oxygen atoms in total. The molecule has 10 heavy (non-hydrogen) atoms. The van der Waals surface area contributed by atoms with Gasteiger partial charge in [0.25, 0.3) is 5.91 Å². The summed E-state index contributed by atoms with van der Waals surface area (Å²) in [6.07, 6.45) is 0. The molecule has 0 bridgehead atoms. The largest absolute Gasteiger partial charge is 0.354 e. The average Bonchev–Trinajstić information content (AvgIpc) is 2.34. The van der Waals surface area contributed by atoms with E-state index >= 15 is 0 Å². The lowest BCUT2D eigenvalue weighted by Gasteiger charge is -1.90. The summed E-state index contributed by atoms with van der Waals surface area (Å²) >= 11 is 6.54. The van der Waals surface area contributed by atoms with Crippen LogP contribution in [-0.4, -0.2) is 22.5 Å². The number of hydrogen-bond donors (Lipinski definition) is 1. The number of nitrogens with zero attached hydrogens (tertiary/aromatic N) is 2. The van der Waals surface area contributed by atoms with E-state index in [2.05, 4.69) is 14.9 Å². The first-order valence-corrected chi connectivity index (χ1v) is 3.60. The Morgan fingerprint density at radius 1 is 1.80 bits per heavy atom. The first-order chi connectivity index (χ1) is 4.75. The maximum absolute atomic E-state index is 10.8. The van der Waals surface area contributed by atoms with E-state index in [9.17, 15) is 4.79 Å².